The second kappa shape index (κ2) is 7.09. The molecule has 1 fully saturated rings. The van der Waals surface area contributed by atoms with Gasteiger partial charge in [0, 0.05) is 39.4 Å². The molecule has 0 aliphatic carbocycles. The van der Waals surface area contributed by atoms with E-state index in [1.807, 2.05) is 6.07 Å². The molecular weight excluding hydrogens is 294 g/mol. The molecular formula is C13H20BrN3O. The normalized spacial score (nSPS) is 16.8. The zero-order valence-corrected chi connectivity index (χ0v) is 12.3. The van der Waals surface area contributed by atoms with Crippen LogP contribution in [0.3, 0.4) is 0 Å². The summed E-state index contributed by atoms with van der Waals surface area (Å²) in [7, 11) is 1.68. The third kappa shape index (κ3) is 3.95. The molecule has 4 nitrogen and oxygen atoms in total. The molecule has 0 atom stereocenters. The van der Waals surface area contributed by atoms with E-state index in [2.05, 4.69) is 43.6 Å². The van der Waals surface area contributed by atoms with Crippen molar-refractivity contribution in [2.24, 2.45) is 0 Å². The Balaban J connectivity index is 1.77. The minimum atomic E-state index is 0.876. The van der Waals surface area contributed by atoms with E-state index in [1.54, 1.807) is 7.11 Å². The zero-order chi connectivity index (χ0) is 12.8. The molecule has 1 aromatic rings. The molecule has 0 spiro atoms. The van der Waals surface area contributed by atoms with Gasteiger partial charge in [0.15, 0.2) is 0 Å². The van der Waals surface area contributed by atoms with Crippen LogP contribution in [0.2, 0.25) is 0 Å². The molecule has 0 unspecified atom stereocenters. The predicted octanol–water partition coefficient (Wildman–Crippen LogP) is 1.41. The number of nitrogens with zero attached hydrogens (tertiary/aromatic N) is 1. The van der Waals surface area contributed by atoms with Gasteiger partial charge in [0.2, 0.25) is 0 Å². The SMILES string of the molecule is COc1ccc(CNCN2CCNCC2)cc1Br. The molecule has 0 aromatic heterocycles. The molecule has 5 heteroatoms. The maximum absolute atomic E-state index is 5.22. The fourth-order valence-corrected chi connectivity index (χ4v) is 2.64. The highest BCUT2D eigenvalue weighted by Gasteiger charge is 2.08. The number of hydrogen-bond donors (Lipinski definition) is 2. The highest BCUT2D eigenvalue weighted by Crippen LogP contribution is 2.25. The first kappa shape index (κ1) is 13.8. The van der Waals surface area contributed by atoms with E-state index in [9.17, 15) is 0 Å². The monoisotopic (exact) mass is 313 g/mol. The lowest BCUT2D eigenvalue weighted by atomic mass is 10.2. The molecule has 0 radical (unpaired) electrons. The van der Waals surface area contributed by atoms with Crippen molar-refractivity contribution in [1.29, 1.82) is 0 Å². The van der Waals surface area contributed by atoms with Gasteiger partial charge in [-0.1, -0.05) is 6.07 Å². The van der Waals surface area contributed by atoms with Crippen molar-refractivity contribution in [2.75, 3.05) is 40.0 Å². The Morgan fingerprint density at radius 2 is 2.17 bits per heavy atom. The summed E-state index contributed by atoms with van der Waals surface area (Å²) < 4.78 is 6.22. The standard InChI is InChI=1S/C13H20BrN3O/c1-18-13-3-2-11(8-12(13)14)9-16-10-17-6-4-15-5-7-17/h2-3,8,15-16H,4-7,9-10H2,1H3. The van der Waals surface area contributed by atoms with Gasteiger partial charge in [0.05, 0.1) is 11.6 Å². The van der Waals surface area contributed by atoms with Gasteiger partial charge in [-0.3, -0.25) is 4.90 Å². The van der Waals surface area contributed by atoms with Crippen molar-refractivity contribution in [3.05, 3.63) is 28.2 Å². The first-order valence-corrected chi connectivity index (χ1v) is 7.05. The molecule has 2 rings (SSSR count). The lowest BCUT2D eigenvalue weighted by molar-refractivity contribution is 0.223. The van der Waals surface area contributed by atoms with Crippen molar-refractivity contribution in [3.8, 4) is 5.75 Å². The van der Waals surface area contributed by atoms with Crippen LogP contribution in [0.1, 0.15) is 5.56 Å². The molecule has 100 valence electrons. The first-order chi connectivity index (χ1) is 8.79. The van der Waals surface area contributed by atoms with Gasteiger partial charge in [-0.25, -0.2) is 0 Å². The lowest BCUT2D eigenvalue weighted by Crippen LogP contribution is -2.46. The van der Waals surface area contributed by atoms with Crippen LogP contribution in [-0.2, 0) is 6.54 Å². The molecule has 2 N–H and O–H groups in total. The predicted molar refractivity (Wildman–Crippen MR) is 76.8 cm³/mol. The Kier molecular flexibility index (Phi) is 5.44. The summed E-state index contributed by atoms with van der Waals surface area (Å²) in [4.78, 5) is 2.43. The molecule has 1 aliphatic rings. The first-order valence-electron chi connectivity index (χ1n) is 6.26. The van der Waals surface area contributed by atoms with Crippen LogP contribution in [0.15, 0.2) is 22.7 Å². The molecule has 18 heavy (non-hydrogen) atoms. The highest BCUT2D eigenvalue weighted by molar-refractivity contribution is 9.10. The minimum Gasteiger partial charge on any atom is -0.496 e. The number of hydrogen-bond acceptors (Lipinski definition) is 4. The summed E-state index contributed by atoms with van der Waals surface area (Å²) in [5.41, 5.74) is 1.26. The van der Waals surface area contributed by atoms with E-state index in [1.165, 1.54) is 5.56 Å². The second-order valence-corrected chi connectivity index (χ2v) is 5.28. The van der Waals surface area contributed by atoms with Gasteiger partial charge in [0.1, 0.15) is 5.75 Å². The maximum Gasteiger partial charge on any atom is 0.133 e. The van der Waals surface area contributed by atoms with Gasteiger partial charge in [0.25, 0.3) is 0 Å². The summed E-state index contributed by atoms with van der Waals surface area (Å²) in [6, 6.07) is 6.18. The summed E-state index contributed by atoms with van der Waals surface area (Å²) in [6.07, 6.45) is 0. The smallest absolute Gasteiger partial charge is 0.133 e. The summed E-state index contributed by atoms with van der Waals surface area (Å²) in [5, 5.41) is 6.83. The number of rotatable bonds is 5. The number of ether oxygens (including phenoxy) is 1. The molecule has 1 heterocycles. The van der Waals surface area contributed by atoms with E-state index >= 15 is 0 Å². The van der Waals surface area contributed by atoms with Crippen LogP contribution >= 0.6 is 15.9 Å². The number of halogens is 1. The third-order valence-corrected chi connectivity index (χ3v) is 3.71. The van der Waals surface area contributed by atoms with E-state index in [4.69, 9.17) is 4.74 Å². The Morgan fingerprint density at radius 1 is 1.39 bits per heavy atom. The number of nitrogens with one attached hydrogen (secondary N) is 2. The lowest BCUT2D eigenvalue weighted by Gasteiger charge is -2.27. The quantitative estimate of drug-likeness (QED) is 0.862. The Hall–Kier alpha value is -0.620. The minimum absolute atomic E-state index is 0.876. The van der Waals surface area contributed by atoms with Gasteiger partial charge >= 0.3 is 0 Å². The maximum atomic E-state index is 5.22. The molecule has 0 bridgehead atoms. The molecule has 1 saturated heterocycles. The zero-order valence-electron chi connectivity index (χ0n) is 10.7. The van der Waals surface area contributed by atoms with Crippen molar-refractivity contribution in [1.82, 2.24) is 15.5 Å². The fraction of sp³-hybridized carbons (Fsp3) is 0.538. The number of piperazine rings is 1. The largest absolute Gasteiger partial charge is 0.496 e. The van der Waals surface area contributed by atoms with E-state index in [-0.39, 0.29) is 0 Å². The fourth-order valence-electron chi connectivity index (χ4n) is 2.05. The van der Waals surface area contributed by atoms with Crippen LogP contribution < -0.4 is 15.4 Å². The molecule has 0 amide bonds. The Bertz CT molecular complexity index is 380. The van der Waals surface area contributed by atoms with Gasteiger partial charge in [-0.2, -0.15) is 0 Å². The molecule has 1 aromatic carbocycles. The average Bonchev–Trinajstić information content (AvgIpc) is 2.40. The van der Waals surface area contributed by atoms with Crippen molar-refractivity contribution in [3.63, 3.8) is 0 Å². The van der Waals surface area contributed by atoms with E-state index in [0.717, 1.165) is 49.6 Å². The van der Waals surface area contributed by atoms with Gasteiger partial charge < -0.3 is 15.4 Å². The Labute approximate surface area is 117 Å². The van der Waals surface area contributed by atoms with Crippen LogP contribution in [0.25, 0.3) is 0 Å². The van der Waals surface area contributed by atoms with Crippen LogP contribution in [0, 0.1) is 0 Å². The topological polar surface area (TPSA) is 36.5 Å². The summed E-state index contributed by atoms with van der Waals surface area (Å²) in [6.45, 7) is 6.27. The highest BCUT2D eigenvalue weighted by atomic mass is 79.9. The van der Waals surface area contributed by atoms with Crippen molar-refractivity contribution in [2.45, 2.75) is 6.54 Å². The van der Waals surface area contributed by atoms with Crippen LogP contribution in [-0.4, -0.2) is 44.9 Å². The second-order valence-electron chi connectivity index (χ2n) is 4.42. The summed E-state index contributed by atoms with van der Waals surface area (Å²) in [5.74, 6) is 0.876. The molecule has 0 saturated carbocycles. The van der Waals surface area contributed by atoms with Gasteiger partial charge in [-0.15, -0.1) is 0 Å². The number of benzene rings is 1. The van der Waals surface area contributed by atoms with Crippen LogP contribution in [0.5, 0.6) is 5.75 Å². The van der Waals surface area contributed by atoms with E-state index in [0.29, 0.717) is 0 Å². The van der Waals surface area contributed by atoms with Crippen molar-refractivity contribution >= 4 is 15.9 Å². The van der Waals surface area contributed by atoms with Crippen LogP contribution in [0.4, 0.5) is 0 Å². The third-order valence-electron chi connectivity index (χ3n) is 3.09. The number of methoxy groups -OCH3 is 1. The summed E-state index contributed by atoms with van der Waals surface area (Å²) >= 11 is 3.50. The van der Waals surface area contributed by atoms with Gasteiger partial charge in [-0.05, 0) is 33.6 Å². The average molecular weight is 314 g/mol. The Morgan fingerprint density at radius 3 is 2.83 bits per heavy atom. The molecule has 1 aliphatic heterocycles. The van der Waals surface area contributed by atoms with Crippen molar-refractivity contribution < 1.29 is 4.74 Å². The van der Waals surface area contributed by atoms with E-state index < -0.39 is 0 Å².